The van der Waals surface area contributed by atoms with Gasteiger partial charge in [0, 0.05) is 0 Å². The minimum absolute atomic E-state index is 0.152. The Hall–Kier alpha value is -3.90. The molecule has 0 heterocycles. The van der Waals surface area contributed by atoms with Gasteiger partial charge in [-0.2, -0.15) is 0 Å². The van der Waals surface area contributed by atoms with Crippen LogP contribution in [0.5, 0.6) is 0 Å². The topological polar surface area (TPSA) is 0 Å². The number of hydrogen-bond donors (Lipinski definition) is 0. The average Bonchev–Trinajstić information content (AvgIpc) is 3.35. The van der Waals surface area contributed by atoms with Gasteiger partial charge in [0.1, 0.15) is 0 Å². The molecule has 0 saturated heterocycles. The maximum atomic E-state index is 2.46. The summed E-state index contributed by atoms with van der Waals surface area (Å²) in [6, 6.07) is 43.2. The van der Waals surface area contributed by atoms with Crippen molar-refractivity contribution >= 4 is 0 Å². The predicted octanol–water partition coefficient (Wildman–Crippen LogP) is 8.99. The fraction of sp³-hybridized carbons (Fsp3) is 0.143. The lowest BCUT2D eigenvalue weighted by molar-refractivity contribution is 0.590. The lowest BCUT2D eigenvalue weighted by Gasteiger charge is -2.30. The SMILES string of the molecule is CC(C)(C)c1ccc(-c2ccc3c(c2)C2(c4ccccc4-c4ccccc42)c2ccccc2-3)cc1. The van der Waals surface area contributed by atoms with E-state index in [1.165, 1.54) is 61.2 Å². The number of hydrogen-bond acceptors (Lipinski definition) is 0. The van der Waals surface area contributed by atoms with Gasteiger partial charge in [0.2, 0.25) is 0 Å². The van der Waals surface area contributed by atoms with Gasteiger partial charge in [-0.15, -0.1) is 0 Å². The van der Waals surface area contributed by atoms with Gasteiger partial charge in [-0.3, -0.25) is 0 Å². The molecule has 0 amide bonds. The van der Waals surface area contributed by atoms with Crippen LogP contribution in [0, 0.1) is 0 Å². The molecule has 0 saturated carbocycles. The summed E-state index contributed by atoms with van der Waals surface area (Å²) in [4.78, 5) is 0. The van der Waals surface area contributed by atoms with E-state index < -0.39 is 0 Å². The van der Waals surface area contributed by atoms with Crippen molar-refractivity contribution in [3.63, 3.8) is 0 Å². The fourth-order valence-electron chi connectivity index (χ4n) is 6.44. The molecular formula is C35H28. The van der Waals surface area contributed by atoms with E-state index in [2.05, 4.69) is 136 Å². The second kappa shape index (κ2) is 7.06. The standard InChI is InChI=1S/C35H28/c1-34(2,3)25-19-16-23(17-20-25)24-18-21-29-28-12-6-9-15-32(28)35(33(29)22-24)30-13-7-4-10-26(30)27-11-5-8-14-31(27)35/h4-22H,1-3H3. The van der Waals surface area contributed by atoms with Crippen molar-refractivity contribution in [2.75, 3.05) is 0 Å². The van der Waals surface area contributed by atoms with Crippen molar-refractivity contribution < 1.29 is 0 Å². The molecule has 1 spiro atoms. The zero-order valence-corrected chi connectivity index (χ0v) is 20.5. The Balaban J connectivity index is 1.52. The number of rotatable bonds is 1. The number of fused-ring (bicyclic) bond motifs is 10. The van der Waals surface area contributed by atoms with Crippen molar-refractivity contribution in [3.05, 3.63) is 143 Å². The molecule has 0 aliphatic heterocycles. The van der Waals surface area contributed by atoms with Crippen molar-refractivity contribution in [2.45, 2.75) is 31.6 Å². The third-order valence-electron chi connectivity index (χ3n) is 8.08. The molecule has 2 aliphatic carbocycles. The normalized spacial score (nSPS) is 14.4. The van der Waals surface area contributed by atoms with Crippen LogP contribution in [0.4, 0.5) is 0 Å². The van der Waals surface area contributed by atoms with Crippen LogP contribution in [0.1, 0.15) is 48.6 Å². The van der Waals surface area contributed by atoms with Crippen LogP contribution in [0.15, 0.2) is 115 Å². The molecule has 0 aromatic heterocycles. The zero-order chi connectivity index (χ0) is 23.8. The molecule has 7 rings (SSSR count). The predicted molar refractivity (Wildman–Crippen MR) is 147 cm³/mol. The van der Waals surface area contributed by atoms with Crippen LogP contribution in [-0.2, 0) is 10.8 Å². The van der Waals surface area contributed by atoms with Crippen LogP contribution in [0.3, 0.4) is 0 Å². The maximum absolute atomic E-state index is 2.46. The molecule has 0 unspecified atom stereocenters. The molecular weight excluding hydrogens is 420 g/mol. The second-order valence-electron chi connectivity index (χ2n) is 11.0. The quantitative estimate of drug-likeness (QED) is 0.235. The van der Waals surface area contributed by atoms with Crippen molar-refractivity contribution in [2.24, 2.45) is 0 Å². The lowest BCUT2D eigenvalue weighted by Crippen LogP contribution is -2.25. The van der Waals surface area contributed by atoms with Gasteiger partial charge in [0.25, 0.3) is 0 Å². The molecule has 5 aromatic rings. The van der Waals surface area contributed by atoms with Gasteiger partial charge in [-0.1, -0.05) is 130 Å². The molecule has 0 nitrogen and oxygen atoms in total. The molecule has 0 heteroatoms. The van der Waals surface area contributed by atoms with Crippen molar-refractivity contribution in [1.29, 1.82) is 0 Å². The monoisotopic (exact) mass is 448 g/mol. The van der Waals surface area contributed by atoms with E-state index in [1.807, 2.05) is 0 Å². The Kier molecular flexibility index (Phi) is 4.13. The molecule has 5 aromatic carbocycles. The minimum Gasteiger partial charge on any atom is -0.0619 e. The summed E-state index contributed by atoms with van der Waals surface area (Å²) >= 11 is 0. The molecule has 35 heavy (non-hydrogen) atoms. The Morgan fingerprint density at radius 2 is 0.857 bits per heavy atom. The second-order valence-corrected chi connectivity index (χ2v) is 11.0. The highest BCUT2D eigenvalue weighted by Crippen LogP contribution is 2.62. The van der Waals surface area contributed by atoms with E-state index >= 15 is 0 Å². The summed E-state index contributed by atoms with van der Waals surface area (Å²) < 4.78 is 0. The van der Waals surface area contributed by atoms with E-state index in [4.69, 9.17) is 0 Å². The zero-order valence-electron chi connectivity index (χ0n) is 20.5. The van der Waals surface area contributed by atoms with E-state index in [1.54, 1.807) is 0 Å². The first-order valence-electron chi connectivity index (χ1n) is 12.5. The molecule has 168 valence electrons. The molecule has 0 radical (unpaired) electrons. The van der Waals surface area contributed by atoms with Crippen molar-refractivity contribution in [1.82, 2.24) is 0 Å². The van der Waals surface area contributed by atoms with Crippen LogP contribution in [0.25, 0.3) is 33.4 Å². The maximum Gasteiger partial charge on any atom is 0.0725 e. The number of benzene rings is 5. The largest absolute Gasteiger partial charge is 0.0725 e. The van der Waals surface area contributed by atoms with E-state index in [9.17, 15) is 0 Å². The van der Waals surface area contributed by atoms with Gasteiger partial charge in [-0.25, -0.2) is 0 Å². The van der Waals surface area contributed by atoms with Gasteiger partial charge < -0.3 is 0 Å². The third-order valence-corrected chi connectivity index (χ3v) is 8.08. The average molecular weight is 449 g/mol. The van der Waals surface area contributed by atoms with Crippen LogP contribution >= 0.6 is 0 Å². The molecule has 2 aliphatic rings. The summed E-state index contributed by atoms with van der Waals surface area (Å²) in [5.41, 5.74) is 14.8. The fourth-order valence-corrected chi connectivity index (χ4v) is 6.44. The van der Waals surface area contributed by atoms with E-state index in [-0.39, 0.29) is 10.8 Å². The summed E-state index contributed by atoms with van der Waals surface area (Å²) in [6.07, 6.45) is 0. The first-order chi connectivity index (χ1) is 17.0. The van der Waals surface area contributed by atoms with E-state index in [0.29, 0.717) is 0 Å². The Morgan fingerprint density at radius 1 is 0.429 bits per heavy atom. The Morgan fingerprint density at radius 3 is 1.34 bits per heavy atom. The van der Waals surface area contributed by atoms with Gasteiger partial charge in [0.05, 0.1) is 5.41 Å². The minimum atomic E-state index is -0.277. The summed E-state index contributed by atoms with van der Waals surface area (Å²) in [5, 5.41) is 0. The smallest absolute Gasteiger partial charge is 0.0619 e. The summed E-state index contributed by atoms with van der Waals surface area (Å²) in [6.45, 7) is 6.81. The van der Waals surface area contributed by atoms with Gasteiger partial charge in [0.15, 0.2) is 0 Å². The van der Waals surface area contributed by atoms with Crippen LogP contribution in [0.2, 0.25) is 0 Å². The van der Waals surface area contributed by atoms with Crippen molar-refractivity contribution in [3.8, 4) is 33.4 Å². The molecule has 0 atom stereocenters. The van der Waals surface area contributed by atoms with Gasteiger partial charge >= 0.3 is 0 Å². The first kappa shape index (κ1) is 20.5. The molecule has 0 bridgehead atoms. The highest BCUT2D eigenvalue weighted by atomic mass is 14.5. The Bertz CT molecular complexity index is 1550. The third kappa shape index (κ3) is 2.68. The van der Waals surface area contributed by atoms with Crippen LogP contribution in [-0.4, -0.2) is 0 Å². The highest BCUT2D eigenvalue weighted by molar-refractivity contribution is 5.95. The van der Waals surface area contributed by atoms with Gasteiger partial charge in [-0.05, 0) is 72.7 Å². The molecule has 0 N–H and O–H groups in total. The first-order valence-corrected chi connectivity index (χ1v) is 12.5. The van der Waals surface area contributed by atoms with Crippen LogP contribution < -0.4 is 0 Å². The van der Waals surface area contributed by atoms with E-state index in [0.717, 1.165) is 0 Å². The molecule has 0 fully saturated rings. The summed E-state index contributed by atoms with van der Waals surface area (Å²) in [7, 11) is 0. The Labute approximate surface area is 207 Å². The highest BCUT2D eigenvalue weighted by Gasteiger charge is 2.51. The summed E-state index contributed by atoms with van der Waals surface area (Å²) in [5.74, 6) is 0. The lowest BCUT2D eigenvalue weighted by atomic mass is 9.70.